The number of nitrogens with zero attached hydrogens (tertiary/aromatic N) is 1. The van der Waals surface area contributed by atoms with Crippen LogP contribution < -0.4 is 0 Å². The van der Waals surface area contributed by atoms with E-state index in [0.717, 1.165) is 24.6 Å². The van der Waals surface area contributed by atoms with E-state index in [1.54, 1.807) is 0 Å². The summed E-state index contributed by atoms with van der Waals surface area (Å²) in [6, 6.07) is 16.7. The second-order valence-corrected chi connectivity index (χ2v) is 5.70. The van der Waals surface area contributed by atoms with Crippen molar-refractivity contribution in [2.75, 3.05) is 20.7 Å². The Kier molecular flexibility index (Phi) is 22.4. The molecule has 154 valence electrons. The molecular formula is C23H25FeNO4. The minimum atomic E-state index is 0. The second kappa shape index (κ2) is 20.6. The van der Waals surface area contributed by atoms with Crippen molar-refractivity contribution in [1.82, 2.24) is 4.90 Å². The van der Waals surface area contributed by atoms with Gasteiger partial charge in [-0.25, -0.2) is 0 Å². The molecule has 2 rings (SSSR count). The molecule has 0 aliphatic heterocycles. The summed E-state index contributed by atoms with van der Waals surface area (Å²) < 4.78 is 28.5. The normalized spacial score (nSPS) is 8.48. The summed E-state index contributed by atoms with van der Waals surface area (Å²) in [6.45, 7) is 21.2. The van der Waals surface area contributed by atoms with E-state index in [1.807, 2.05) is 19.1 Å². The molecule has 0 fully saturated rings. The summed E-state index contributed by atoms with van der Waals surface area (Å²) in [5, 5.41) is 0. The summed E-state index contributed by atoms with van der Waals surface area (Å²) in [5.41, 5.74) is 4.76. The van der Waals surface area contributed by atoms with Gasteiger partial charge < -0.3 is 9.64 Å². The van der Waals surface area contributed by atoms with E-state index in [-0.39, 0.29) is 17.1 Å². The Morgan fingerprint density at radius 2 is 1.38 bits per heavy atom. The molecule has 0 spiro atoms. The Morgan fingerprint density at radius 3 is 1.86 bits per heavy atom. The van der Waals surface area contributed by atoms with Gasteiger partial charge in [-0.2, -0.15) is 35.7 Å². The van der Waals surface area contributed by atoms with E-state index in [9.17, 15) is 0 Å². The molecule has 6 heteroatoms. The Balaban J connectivity index is -0.000000883. The van der Waals surface area contributed by atoms with Crippen molar-refractivity contribution >= 4 is 0 Å². The minimum absolute atomic E-state index is 0. The Bertz CT molecular complexity index is 712. The quantitative estimate of drug-likeness (QED) is 0.375. The van der Waals surface area contributed by atoms with Crippen molar-refractivity contribution < 1.29 is 35.8 Å². The molecule has 0 bridgehead atoms. The minimum Gasteiger partial charge on any atom is -0.411 e. The zero-order valence-corrected chi connectivity index (χ0v) is 18.0. The Hall–Kier alpha value is -2.16. The maximum Gasteiger partial charge on any atom is 2.00 e. The molecule has 0 N–H and O–H groups in total. The molecule has 0 unspecified atom stereocenters. The number of rotatable bonds is 7. The van der Waals surface area contributed by atoms with Gasteiger partial charge >= 0.3 is 51.0 Å². The molecule has 0 aliphatic rings. The van der Waals surface area contributed by atoms with Crippen LogP contribution >= 0.6 is 0 Å². The zero-order valence-electron chi connectivity index (χ0n) is 16.9. The molecular weight excluding hydrogens is 410 g/mol. The number of ether oxygens (including phenoxy) is 1. The average Bonchev–Trinajstić information content (AvgIpc) is 2.74. The molecule has 0 amide bonds. The molecule has 2 aromatic carbocycles. The van der Waals surface area contributed by atoms with Crippen LogP contribution in [-0.4, -0.2) is 25.6 Å². The fourth-order valence-electron chi connectivity index (χ4n) is 2.57. The molecule has 0 heterocycles. The van der Waals surface area contributed by atoms with Crippen LogP contribution in [0.15, 0.2) is 48.5 Å². The first-order valence-electron chi connectivity index (χ1n) is 8.34. The van der Waals surface area contributed by atoms with Crippen LogP contribution in [0.1, 0.15) is 29.2 Å². The van der Waals surface area contributed by atoms with E-state index < -0.39 is 0 Å². The SMILES string of the molecule is [C-]#[O+].[C-]#[O+].[C-]#[O+].[CH2-]c1ccccc1C[C-](OCC)c1ccccc1CN(C)C.[Fe+2]. The smallest absolute Gasteiger partial charge is 0.411 e. The van der Waals surface area contributed by atoms with Crippen LogP contribution in [-0.2, 0) is 48.7 Å². The Labute approximate surface area is 185 Å². The van der Waals surface area contributed by atoms with Crippen molar-refractivity contribution in [3.8, 4) is 0 Å². The van der Waals surface area contributed by atoms with Crippen molar-refractivity contribution in [3.05, 3.63) is 104 Å². The van der Waals surface area contributed by atoms with Gasteiger partial charge in [0.2, 0.25) is 0 Å². The topological polar surface area (TPSA) is 72.2 Å². The monoisotopic (exact) mass is 435 g/mol. The van der Waals surface area contributed by atoms with Gasteiger partial charge in [-0.3, -0.25) is 0 Å². The second-order valence-electron chi connectivity index (χ2n) is 5.70. The van der Waals surface area contributed by atoms with Crippen molar-refractivity contribution in [2.24, 2.45) is 0 Å². The molecule has 0 saturated heterocycles. The average molecular weight is 435 g/mol. The molecule has 0 atom stereocenters. The van der Waals surface area contributed by atoms with Crippen LogP contribution in [0.5, 0.6) is 0 Å². The van der Waals surface area contributed by atoms with Gasteiger partial charge in [0.1, 0.15) is 0 Å². The standard InChI is InChI=1S/C20H25NO.3CO.Fe/c1-5-22-20(14-17-11-7-6-10-16(17)2)19-13-9-8-12-18(19)15-21(3)4;3*1-2;/h6-13H,2,5,14-15H2,1,3-4H3;;;;/q-2;;;;+2. The fraction of sp³-hybridized carbons (Fsp3) is 0.261. The van der Waals surface area contributed by atoms with Crippen molar-refractivity contribution in [1.29, 1.82) is 0 Å². The molecule has 29 heavy (non-hydrogen) atoms. The first kappa shape index (κ1) is 31.5. The largest absolute Gasteiger partial charge is 2.00 e. The summed E-state index contributed by atoms with van der Waals surface area (Å²) in [6.07, 6.45) is 1.80. The fourth-order valence-corrected chi connectivity index (χ4v) is 2.57. The molecule has 0 aromatic heterocycles. The van der Waals surface area contributed by atoms with Gasteiger partial charge in [0.05, 0.1) is 0 Å². The molecule has 2 aromatic rings. The van der Waals surface area contributed by atoms with Gasteiger partial charge in [-0.15, -0.1) is 29.8 Å². The van der Waals surface area contributed by atoms with Crippen LogP contribution in [0, 0.1) is 33.0 Å². The number of hydrogen-bond donors (Lipinski definition) is 0. The third-order valence-corrected chi connectivity index (χ3v) is 3.59. The zero-order chi connectivity index (χ0) is 21.9. The van der Waals surface area contributed by atoms with Gasteiger partial charge in [0.15, 0.2) is 0 Å². The van der Waals surface area contributed by atoms with E-state index >= 15 is 0 Å². The Morgan fingerprint density at radius 1 is 0.897 bits per heavy atom. The molecule has 5 nitrogen and oxygen atoms in total. The predicted molar refractivity (Wildman–Crippen MR) is 104 cm³/mol. The maximum absolute atomic E-state index is 7.50. The summed E-state index contributed by atoms with van der Waals surface area (Å²) in [4.78, 5) is 2.18. The van der Waals surface area contributed by atoms with E-state index in [1.165, 1.54) is 16.7 Å². The van der Waals surface area contributed by atoms with Crippen LogP contribution in [0.2, 0.25) is 0 Å². The van der Waals surface area contributed by atoms with E-state index in [4.69, 9.17) is 18.7 Å². The van der Waals surface area contributed by atoms with Gasteiger partial charge in [0, 0.05) is 6.61 Å². The first-order valence-corrected chi connectivity index (χ1v) is 8.34. The summed E-state index contributed by atoms with van der Waals surface area (Å²) in [7, 11) is 4.17. The van der Waals surface area contributed by atoms with Crippen LogP contribution in [0.3, 0.4) is 0 Å². The van der Waals surface area contributed by atoms with Gasteiger partial charge in [-0.1, -0.05) is 24.7 Å². The molecule has 0 saturated carbocycles. The van der Waals surface area contributed by atoms with Gasteiger partial charge in [-0.05, 0) is 27.6 Å². The maximum atomic E-state index is 7.50. The number of benzene rings is 2. The van der Waals surface area contributed by atoms with Crippen molar-refractivity contribution in [2.45, 2.75) is 19.9 Å². The number of hydrogen-bond acceptors (Lipinski definition) is 2. The summed E-state index contributed by atoms with van der Waals surface area (Å²) >= 11 is 0. The molecule has 0 aliphatic carbocycles. The van der Waals surface area contributed by atoms with Gasteiger partial charge in [0.25, 0.3) is 0 Å². The van der Waals surface area contributed by atoms with Crippen molar-refractivity contribution in [3.63, 3.8) is 0 Å². The first-order chi connectivity index (χ1) is 13.6. The predicted octanol–water partition coefficient (Wildman–Crippen LogP) is 3.97. The molecule has 0 radical (unpaired) electrons. The van der Waals surface area contributed by atoms with E-state index in [2.05, 4.69) is 82.3 Å². The third kappa shape index (κ3) is 12.1. The van der Waals surface area contributed by atoms with E-state index in [0.29, 0.717) is 6.61 Å². The van der Waals surface area contributed by atoms with Crippen LogP contribution in [0.4, 0.5) is 0 Å². The summed E-state index contributed by atoms with van der Waals surface area (Å²) in [5.74, 6) is 0. The third-order valence-electron chi connectivity index (χ3n) is 3.59. The van der Waals surface area contributed by atoms with Crippen LogP contribution in [0.25, 0.3) is 0 Å².